The summed E-state index contributed by atoms with van der Waals surface area (Å²) >= 11 is 0. The highest BCUT2D eigenvalue weighted by atomic mass is 32.2. The number of sulfonamides is 1. The lowest BCUT2D eigenvalue weighted by Crippen LogP contribution is -2.16. The van der Waals surface area contributed by atoms with Crippen LogP contribution in [0.1, 0.15) is 26.3 Å². The van der Waals surface area contributed by atoms with Crippen LogP contribution in [0.3, 0.4) is 0 Å². The third-order valence-corrected chi connectivity index (χ3v) is 5.10. The van der Waals surface area contributed by atoms with Gasteiger partial charge >= 0.3 is 0 Å². The first-order chi connectivity index (χ1) is 11.2. The molecule has 1 N–H and O–H groups in total. The zero-order chi connectivity index (χ0) is 18.0. The molecule has 0 fully saturated rings. The van der Waals surface area contributed by atoms with Crippen LogP contribution >= 0.6 is 0 Å². The number of ether oxygens (including phenoxy) is 2. The molecule has 0 heterocycles. The van der Waals surface area contributed by atoms with Gasteiger partial charge in [-0.25, -0.2) is 8.42 Å². The Morgan fingerprint density at radius 1 is 0.875 bits per heavy atom. The van der Waals surface area contributed by atoms with Gasteiger partial charge in [0.1, 0.15) is 11.5 Å². The van der Waals surface area contributed by atoms with Crippen molar-refractivity contribution in [1.29, 1.82) is 0 Å². The first-order valence-corrected chi connectivity index (χ1v) is 9.01. The van der Waals surface area contributed by atoms with Crippen molar-refractivity contribution in [2.75, 3.05) is 18.9 Å². The first-order valence-electron chi connectivity index (χ1n) is 7.53. The summed E-state index contributed by atoms with van der Waals surface area (Å²) in [6, 6.07) is 12.2. The number of methoxy groups -OCH3 is 2. The van der Waals surface area contributed by atoms with Crippen molar-refractivity contribution in [3.05, 3.63) is 48.0 Å². The molecule has 2 rings (SSSR count). The monoisotopic (exact) mass is 349 g/mol. The van der Waals surface area contributed by atoms with E-state index in [1.54, 1.807) is 30.3 Å². The van der Waals surface area contributed by atoms with Crippen LogP contribution in [-0.4, -0.2) is 22.6 Å². The molecular weight excluding hydrogens is 326 g/mol. The average molecular weight is 349 g/mol. The predicted molar refractivity (Wildman–Crippen MR) is 95.5 cm³/mol. The third kappa shape index (κ3) is 3.82. The average Bonchev–Trinajstić information content (AvgIpc) is 2.53. The number of hydrogen-bond acceptors (Lipinski definition) is 4. The zero-order valence-electron chi connectivity index (χ0n) is 14.6. The molecule has 130 valence electrons. The van der Waals surface area contributed by atoms with E-state index in [0.717, 1.165) is 5.56 Å². The maximum atomic E-state index is 12.8. The van der Waals surface area contributed by atoms with Crippen LogP contribution < -0.4 is 14.2 Å². The van der Waals surface area contributed by atoms with Crippen LogP contribution in [0.25, 0.3) is 0 Å². The number of nitrogens with one attached hydrogen (secondary N) is 1. The maximum absolute atomic E-state index is 12.8. The topological polar surface area (TPSA) is 64.6 Å². The van der Waals surface area contributed by atoms with Crippen LogP contribution in [0.2, 0.25) is 0 Å². The van der Waals surface area contributed by atoms with E-state index in [1.807, 2.05) is 12.1 Å². The molecule has 0 aliphatic carbocycles. The lowest BCUT2D eigenvalue weighted by atomic mass is 9.87. The van der Waals surface area contributed by atoms with Gasteiger partial charge in [-0.05, 0) is 35.2 Å². The number of hydrogen-bond donors (Lipinski definition) is 1. The predicted octanol–water partition coefficient (Wildman–Crippen LogP) is 3.80. The van der Waals surface area contributed by atoms with Crippen LogP contribution in [-0.2, 0) is 15.4 Å². The molecule has 0 aliphatic heterocycles. The quantitative estimate of drug-likeness (QED) is 0.892. The Morgan fingerprint density at radius 3 is 1.79 bits per heavy atom. The molecular formula is C18H23NO4S. The summed E-state index contributed by atoms with van der Waals surface area (Å²) in [5.41, 5.74) is 1.61. The molecule has 0 aliphatic rings. The maximum Gasteiger partial charge on any atom is 0.269 e. The summed E-state index contributed by atoms with van der Waals surface area (Å²) in [5, 5.41) is 0. The van der Waals surface area contributed by atoms with Crippen molar-refractivity contribution < 1.29 is 17.9 Å². The van der Waals surface area contributed by atoms with E-state index < -0.39 is 10.0 Å². The van der Waals surface area contributed by atoms with E-state index in [-0.39, 0.29) is 21.8 Å². The Bertz CT molecular complexity index is 784. The number of rotatable bonds is 5. The van der Waals surface area contributed by atoms with Crippen LogP contribution in [0.15, 0.2) is 47.4 Å². The Balaban J connectivity index is 2.39. The van der Waals surface area contributed by atoms with Gasteiger partial charge in [0.15, 0.2) is 4.90 Å². The Kier molecular flexibility index (Phi) is 5.08. The third-order valence-electron chi connectivity index (χ3n) is 3.65. The SMILES string of the molecule is COc1cccc(OC)c1S(=O)(=O)Nc1ccc(C(C)(C)C)cc1. The molecule has 5 nitrogen and oxygen atoms in total. The van der Waals surface area contributed by atoms with Gasteiger partial charge in [-0.1, -0.05) is 39.0 Å². The fraction of sp³-hybridized carbons (Fsp3) is 0.333. The van der Waals surface area contributed by atoms with E-state index >= 15 is 0 Å². The standard InChI is InChI=1S/C18H23NO4S/c1-18(2,3)13-9-11-14(12-10-13)19-24(20,21)17-15(22-4)7-6-8-16(17)23-5/h6-12,19H,1-5H3. The number of anilines is 1. The minimum atomic E-state index is -3.85. The second kappa shape index (κ2) is 6.73. The van der Waals surface area contributed by atoms with Gasteiger partial charge in [-0.3, -0.25) is 4.72 Å². The van der Waals surface area contributed by atoms with Gasteiger partial charge < -0.3 is 9.47 Å². The number of benzene rings is 2. The van der Waals surface area contributed by atoms with E-state index in [1.165, 1.54) is 14.2 Å². The molecule has 0 amide bonds. The second-order valence-corrected chi connectivity index (χ2v) is 8.04. The van der Waals surface area contributed by atoms with Crippen molar-refractivity contribution in [2.24, 2.45) is 0 Å². The lowest BCUT2D eigenvalue weighted by Gasteiger charge is -2.19. The van der Waals surface area contributed by atoms with Crippen molar-refractivity contribution in [1.82, 2.24) is 0 Å². The first kappa shape index (κ1) is 18.1. The molecule has 0 unspecified atom stereocenters. The van der Waals surface area contributed by atoms with Gasteiger partial charge in [0.05, 0.1) is 14.2 Å². The molecule has 0 spiro atoms. The van der Waals surface area contributed by atoms with Crippen LogP contribution in [0.4, 0.5) is 5.69 Å². The summed E-state index contributed by atoms with van der Waals surface area (Å²) < 4.78 is 38.5. The summed E-state index contributed by atoms with van der Waals surface area (Å²) in [6.07, 6.45) is 0. The zero-order valence-corrected chi connectivity index (χ0v) is 15.4. The molecule has 0 aromatic heterocycles. The molecule has 0 radical (unpaired) electrons. The van der Waals surface area contributed by atoms with Gasteiger partial charge in [-0.15, -0.1) is 0 Å². The molecule has 0 saturated heterocycles. The normalized spacial score (nSPS) is 11.9. The fourth-order valence-electron chi connectivity index (χ4n) is 2.33. The van der Waals surface area contributed by atoms with Crippen LogP contribution in [0.5, 0.6) is 11.5 Å². The Morgan fingerprint density at radius 2 is 1.38 bits per heavy atom. The lowest BCUT2D eigenvalue weighted by molar-refractivity contribution is 0.373. The van der Waals surface area contributed by atoms with Crippen molar-refractivity contribution >= 4 is 15.7 Å². The summed E-state index contributed by atoms with van der Waals surface area (Å²) in [6.45, 7) is 6.31. The fourth-order valence-corrected chi connectivity index (χ4v) is 3.71. The minimum absolute atomic E-state index is 0.00325. The van der Waals surface area contributed by atoms with E-state index in [9.17, 15) is 8.42 Å². The van der Waals surface area contributed by atoms with Gasteiger partial charge in [0.2, 0.25) is 0 Å². The second-order valence-electron chi connectivity index (χ2n) is 6.42. The van der Waals surface area contributed by atoms with Crippen molar-refractivity contribution in [3.8, 4) is 11.5 Å². The molecule has 2 aromatic rings. The Hall–Kier alpha value is -2.21. The molecule has 0 bridgehead atoms. The highest BCUT2D eigenvalue weighted by Crippen LogP contribution is 2.34. The van der Waals surface area contributed by atoms with Gasteiger partial charge in [0.25, 0.3) is 10.0 Å². The van der Waals surface area contributed by atoms with E-state index in [2.05, 4.69) is 25.5 Å². The van der Waals surface area contributed by atoms with Gasteiger partial charge in [0, 0.05) is 5.69 Å². The van der Waals surface area contributed by atoms with Crippen LogP contribution in [0, 0.1) is 0 Å². The molecule has 2 aromatic carbocycles. The van der Waals surface area contributed by atoms with E-state index in [0.29, 0.717) is 5.69 Å². The van der Waals surface area contributed by atoms with Gasteiger partial charge in [-0.2, -0.15) is 0 Å². The Labute approximate surface area is 143 Å². The highest BCUT2D eigenvalue weighted by molar-refractivity contribution is 7.93. The van der Waals surface area contributed by atoms with Crippen molar-refractivity contribution in [3.63, 3.8) is 0 Å². The van der Waals surface area contributed by atoms with E-state index in [4.69, 9.17) is 9.47 Å². The smallest absolute Gasteiger partial charge is 0.269 e. The summed E-state index contributed by atoms with van der Waals surface area (Å²) in [7, 11) is -1.00. The largest absolute Gasteiger partial charge is 0.495 e. The summed E-state index contributed by atoms with van der Waals surface area (Å²) in [4.78, 5) is -0.0186. The molecule has 0 atom stereocenters. The molecule has 0 saturated carbocycles. The summed E-state index contributed by atoms with van der Waals surface area (Å²) in [5.74, 6) is 0.460. The molecule has 6 heteroatoms. The molecule has 24 heavy (non-hydrogen) atoms. The highest BCUT2D eigenvalue weighted by Gasteiger charge is 2.25. The minimum Gasteiger partial charge on any atom is -0.495 e. The van der Waals surface area contributed by atoms with Crippen molar-refractivity contribution in [2.45, 2.75) is 31.1 Å².